The zero-order valence-corrected chi connectivity index (χ0v) is 25.9. The lowest BCUT2D eigenvalue weighted by Crippen LogP contribution is -2.35. The molecule has 2 aliphatic heterocycles. The number of halogens is 1. The maximum atomic E-state index is 13.7. The fourth-order valence-electron chi connectivity index (χ4n) is 6.35. The second kappa shape index (κ2) is 13.3. The summed E-state index contributed by atoms with van der Waals surface area (Å²) in [5.41, 5.74) is 5.35. The van der Waals surface area contributed by atoms with Gasteiger partial charge in [0.05, 0.1) is 19.1 Å². The van der Waals surface area contributed by atoms with Crippen LogP contribution in [0.2, 0.25) is 5.02 Å². The molecule has 0 bridgehead atoms. The number of likely N-dealkylation sites (tertiary alicyclic amines) is 1. The first-order chi connectivity index (χ1) is 20.7. The van der Waals surface area contributed by atoms with Crippen molar-refractivity contribution in [1.29, 1.82) is 0 Å². The number of hydrogen-bond acceptors (Lipinski definition) is 6. The number of ether oxygens (including phenoxy) is 3. The summed E-state index contributed by atoms with van der Waals surface area (Å²) >= 11 is 6.35. The summed E-state index contributed by atoms with van der Waals surface area (Å²) in [7, 11) is 0. The SMILES string of the molecule is CCCOc1ccc([C@H]2C(C(=O)O)[C@@H](c3cc4c(cc3C)OCO4)CN2CC(=O)Nc2c(CC)cc(Cl)cc2CC)cc1. The highest BCUT2D eigenvalue weighted by molar-refractivity contribution is 6.30. The number of carboxylic acids is 1. The summed E-state index contributed by atoms with van der Waals surface area (Å²) in [6, 6.07) is 14.6. The molecule has 3 aromatic rings. The number of carbonyl (C=O) groups excluding carboxylic acids is 1. The molecule has 43 heavy (non-hydrogen) atoms. The Morgan fingerprint density at radius 2 is 1.67 bits per heavy atom. The van der Waals surface area contributed by atoms with E-state index in [4.69, 9.17) is 25.8 Å². The predicted molar refractivity (Wildman–Crippen MR) is 167 cm³/mol. The number of aliphatic carboxylic acids is 1. The van der Waals surface area contributed by atoms with Crippen LogP contribution in [0.25, 0.3) is 0 Å². The van der Waals surface area contributed by atoms with Gasteiger partial charge in [0.25, 0.3) is 0 Å². The van der Waals surface area contributed by atoms with Crippen molar-refractivity contribution in [3.63, 3.8) is 0 Å². The van der Waals surface area contributed by atoms with Gasteiger partial charge in [-0.15, -0.1) is 0 Å². The third kappa shape index (κ3) is 6.45. The molecule has 1 fully saturated rings. The highest BCUT2D eigenvalue weighted by Gasteiger charge is 2.48. The number of anilines is 1. The molecule has 3 atom stereocenters. The monoisotopic (exact) mass is 606 g/mol. The van der Waals surface area contributed by atoms with E-state index >= 15 is 0 Å². The number of carbonyl (C=O) groups is 2. The number of nitrogens with zero attached hydrogens (tertiary/aromatic N) is 1. The minimum absolute atomic E-state index is 0.0254. The van der Waals surface area contributed by atoms with Gasteiger partial charge in [-0.05, 0) is 90.4 Å². The molecule has 0 aliphatic carbocycles. The largest absolute Gasteiger partial charge is 0.494 e. The Bertz CT molecular complexity index is 1470. The van der Waals surface area contributed by atoms with Crippen molar-refractivity contribution >= 4 is 29.2 Å². The van der Waals surface area contributed by atoms with Crippen LogP contribution in [0.5, 0.6) is 17.2 Å². The van der Waals surface area contributed by atoms with E-state index < -0.39 is 17.9 Å². The smallest absolute Gasteiger partial charge is 0.309 e. The van der Waals surface area contributed by atoms with E-state index in [1.54, 1.807) is 0 Å². The molecule has 0 spiro atoms. The molecule has 0 aromatic heterocycles. The van der Waals surface area contributed by atoms with Crippen LogP contribution in [-0.4, -0.2) is 48.4 Å². The van der Waals surface area contributed by atoms with E-state index in [0.29, 0.717) is 42.5 Å². The van der Waals surface area contributed by atoms with Gasteiger partial charge in [0.15, 0.2) is 11.5 Å². The molecule has 2 N–H and O–H groups in total. The number of rotatable bonds is 11. The van der Waals surface area contributed by atoms with Crippen molar-refractivity contribution in [3.05, 3.63) is 81.4 Å². The summed E-state index contributed by atoms with van der Waals surface area (Å²) in [6.07, 6.45) is 2.32. The third-order valence-electron chi connectivity index (χ3n) is 8.38. The van der Waals surface area contributed by atoms with Gasteiger partial charge in [-0.3, -0.25) is 14.5 Å². The van der Waals surface area contributed by atoms with E-state index in [9.17, 15) is 14.7 Å². The van der Waals surface area contributed by atoms with Crippen molar-refractivity contribution in [2.45, 2.75) is 58.9 Å². The van der Waals surface area contributed by atoms with E-state index in [2.05, 4.69) is 5.32 Å². The number of carboxylic acid groups (broad SMARTS) is 1. The summed E-state index contributed by atoms with van der Waals surface area (Å²) in [4.78, 5) is 28.7. The molecule has 1 saturated heterocycles. The average molecular weight is 607 g/mol. The Balaban J connectivity index is 1.50. The maximum Gasteiger partial charge on any atom is 0.309 e. The van der Waals surface area contributed by atoms with Crippen molar-refractivity contribution in [3.8, 4) is 17.2 Å². The van der Waals surface area contributed by atoms with E-state index in [1.807, 2.05) is 81.1 Å². The summed E-state index contributed by atoms with van der Waals surface area (Å²) in [5, 5.41) is 14.4. The molecular formula is C34H39ClN2O6. The molecule has 0 radical (unpaired) electrons. The van der Waals surface area contributed by atoms with Crippen LogP contribution in [-0.2, 0) is 22.4 Å². The van der Waals surface area contributed by atoms with E-state index in [1.165, 1.54) is 0 Å². The van der Waals surface area contributed by atoms with Crippen LogP contribution in [0.15, 0.2) is 48.5 Å². The number of hydrogen-bond donors (Lipinski definition) is 2. The molecule has 1 amide bonds. The van der Waals surface area contributed by atoms with Gasteiger partial charge in [-0.1, -0.05) is 44.5 Å². The zero-order valence-electron chi connectivity index (χ0n) is 25.1. The Kier molecular flexibility index (Phi) is 9.47. The highest BCUT2D eigenvalue weighted by Crippen LogP contribution is 2.49. The lowest BCUT2D eigenvalue weighted by Gasteiger charge is -2.27. The molecular weight excluding hydrogens is 568 g/mol. The van der Waals surface area contributed by atoms with Crippen LogP contribution in [0.4, 0.5) is 5.69 Å². The Morgan fingerprint density at radius 1 is 1.02 bits per heavy atom. The second-order valence-corrected chi connectivity index (χ2v) is 11.6. The first-order valence-electron chi connectivity index (χ1n) is 14.9. The van der Waals surface area contributed by atoms with Crippen LogP contribution < -0.4 is 19.5 Å². The molecule has 1 unspecified atom stereocenters. The molecule has 0 saturated carbocycles. The third-order valence-corrected chi connectivity index (χ3v) is 8.60. The van der Waals surface area contributed by atoms with Crippen molar-refractivity contribution < 1.29 is 28.9 Å². The number of benzene rings is 3. The topological polar surface area (TPSA) is 97.3 Å². The highest BCUT2D eigenvalue weighted by atomic mass is 35.5. The normalized spacial score (nSPS) is 19.4. The van der Waals surface area contributed by atoms with Gasteiger partial charge in [0.2, 0.25) is 12.7 Å². The molecule has 3 aromatic carbocycles. The number of nitrogens with one attached hydrogen (secondary N) is 1. The quantitative estimate of drug-likeness (QED) is 0.249. The second-order valence-electron chi connectivity index (χ2n) is 11.2. The Hall–Kier alpha value is -3.75. The summed E-state index contributed by atoms with van der Waals surface area (Å²) < 4.78 is 17.0. The minimum Gasteiger partial charge on any atom is -0.494 e. The molecule has 228 valence electrons. The molecule has 5 rings (SSSR count). The molecule has 2 aliphatic rings. The lowest BCUT2D eigenvalue weighted by atomic mass is 9.81. The van der Waals surface area contributed by atoms with Crippen LogP contribution in [0, 0.1) is 12.8 Å². The standard InChI is InChI=1S/C34H39ClN2O6/c1-5-12-41-25-10-8-23(9-11-25)33-31(34(39)40)27(26-16-29-28(13-20(26)4)42-19-43-29)17-37(33)18-30(38)36-32-21(6-2)14-24(35)15-22(32)7-3/h8-11,13-16,27,31,33H,5-7,12,17-19H2,1-4H3,(H,36,38)(H,39,40)/t27-,31?,33+/m1/s1. The molecule has 8 nitrogen and oxygen atoms in total. The van der Waals surface area contributed by atoms with E-state index in [-0.39, 0.29) is 25.2 Å². The number of amides is 1. The van der Waals surface area contributed by atoms with Gasteiger partial charge in [-0.2, -0.15) is 0 Å². The zero-order chi connectivity index (χ0) is 30.7. The van der Waals surface area contributed by atoms with Crippen LogP contribution >= 0.6 is 11.6 Å². The van der Waals surface area contributed by atoms with Crippen molar-refractivity contribution in [2.24, 2.45) is 5.92 Å². The van der Waals surface area contributed by atoms with Crippen molar-refractivity contribution in [2.75, 3.05) is 31.8 Å². The van der Waals surface area contributed by atoms with Crippen LogP contribution in [0.3, 0.4) is 0 Å². The first-order valence-corrected chi connectivity index (χ1v) is 15.3. The Labute approximate surface area is 257 Å². The van der Waals surface area contributed by atoms with Gasteiger partial charge in [0.1, 0.15) is 5.75 Å². The average Bonchev–Trinajstić information content (AvgIpc) is 3.60. The van der Waals surface area contributed by atoms with E-state index in [0.717, 1.165) is 45.7 Å². The fourth-order valence-corrected chi connectivity index (χ4v) is 6.62. The predicted octanol–water partition coefficient (Wildman–Crippen LogP) is 6.77. The van der Waals surface area contributed by atoms with Gasteiger partial charge >= 0.3 is 5.97 Å². The molecule has 9 heteroatoms. The summed E-state index contributed by atoms with van der Waals surface area (Å²) in [6.45, 7) is 9.20. The number of fused-ring (bicyclic) bond motifs is 1. The minimum atomic E-state index is -0.916. The van der Waals surface area contributed by atoms with Crippen LogP contribution in [0.1, 0.15) is 67.0 Å². The van der Waals surface area contributed by atoms with Crippen molar-refractivity contribution in [1.82, 2.24) is 4.90 Å². The molecule has 2 heterocycles. The van der Waals surface area contributed by atoms with Gasteiger partial charge in [-0.25, -0.2) is 0 Å². The Morgan fingerprint density at radius 3 is 2.28 bits per heavy atom. The summed E-state index contributed by atoms with van der Waals surface area (Å²) in [5.74, 6) is -0.312. The fraction of sp³-hybridized carbons (Fsp3) is 0.412. The lowest BCUT2D eigenvalue weighted by molar-refractivity contribution is -0.143. The maximum absolute atomic E-state index is 13.7. The van der Waals surface area contributed by atoms with Gasteiger partial charge in [0, 0.05) is 29.2 Å². The van der Waals surface area contributed by atoms with Gasteiger partial charge < -0.3 is 24.6 Å². The number of aryl methyl sites for hydroxylation is 3. The first kappa shape index (κ1) is 30.7.